The lowest BCUT2D eigenvalue weighted by Crippen LogP contribution is -2.40. The maximum Gasteiger partial charge on any atom is 0.0558 e. The normalized spacial score (nSPS) is 12.7. The Kier molecular flexibility index (Phi) is 8.83. The molecule has 17 heavy (non-hydrogen) atoms. The van der Waals surface area contributed by atoms with Crippen LogP contribution in [0.3, 0.4) is 0 Å². The quantitative estimate of drug-likeness (QED) is 0.673. The minimum absolute atomic E-state index is 0.260. The molecule has 0 aromatic carbocycles. The zero-order valence-corrected chi connectivity index (χ0v) is 12.6. The van der Waals surface area contributed by atoms with Crippen LogP contribution in [0.25, 0.3) is 0 Å². The van der Waals surface area contributed by atoms with Gasteiger partial charge in [-0.25, -0.2) is 0 Å². The predicted molar refractivity (Wildman–Crippen MR) is 75.4 cm³/mol. The van der Waals surface area contributed by atoms with Crippen molar-refractivity contribution in [3.8, 4) is 0 Å². The molecule has 0 saturated heterocycles. The maximum atomic E-state index is 9.02. The zero-order valence-electron chi connectivity index (χ0n) is 12.6. The summed E-state index contributed by atoms with van der Waals surface area (Å²) in [6.07, 6.45) is 1.18. The first kappa shape index (κ1) is 16.9. The van der Waals surface area contributed by atoms with Gasteiger partial charge in [0.05, 0.1) is 6.61 Å². The SMILES string of the molecule is CC(C)N(CCO)CCCN(C(C)C)C(C)C. The topological polar surface area (TPSA) is 26.7 Å². The first-order chi connectivity index (χ1) is 7.90. The predicted octanol–water partition coefficient (Wildman–Crippen LogP) is 2.20. The van der Waals surface area contributed by atoms with Gasteiger partial charge in [-0.2, -0.15) is 0 Å². The van der Waals surface area contributed by atoms with Crippen molar-refractivity contribution in [2.45, 2.75) is 66.1 Å². The third kappa shape index (κ3) is 7.02. The molecule has 0 amide bonds. The lowest BCUT2D eigenvalue weighted by Gasteiger charge is -2.32. The fraction of sp³-hybridized carbons (Fsp3) is 1.00. The Hall–Kier alpha value is -0.120. The van der Waals surface area contributed by atoms with Crippen molar-refractivity contribution >= 4 is 0 Å². The monoisotopic (exact) mass is 244 g/mol. The van der Waals surface area contributed by atoms with Crippen LogP contribution in [0.2, 0.25) is 0 Å². The Morgan fingerprint density at radius 1 is 0.765 bits per heavy atom. The summed E-state index contributed by atoms with van der Waals surface area (Å²) in [5.74, 6) is 0. The van der Waals surface area contributed by atoms with E-state index < -0.39 is 0 Å². The van der Waals surface area contributed by atoms with Crippen LogP contribution < -0.4 is 0 Å². The average molecular weight is 244 g/mol. The molecule has 0 aromatic rings. The molecule has 104 valence electrons. The highest BCUT2D eigenvalue weighted by molar-refractivity contribution is 4.69. The van der Waals surface area contributed by atoms with E-state index in [1.54, 1.807) is 0 Å². The summed E-state index contributed by atoms with van der Waals surface area (Å²) in [6.45, 7) is 16.7. The van der Waals surface area contributed by atoms with Gasteiger partial charge in [0.25, 0.3) is 0 Å². The van der Waals surface area contributed by atoms with Crippen LogP contribution in [0.15, 0.2) is 0 Å². The first-order valence-corrected chi connectivity index (χ1v) is 7.00. The summed E-state index contributed by atoms with van der Waals surface area (Å²) in [4.78, 5) is 4.87. The second kappa shape index (κ2) is 8.90. The molecule has 0 saturated carbocycles. The summed E-state index contributed by atoms with van der Waals surface area (Å²) in [5, 5.41) is 9.02. The van der Waals surface area contributed by atoms with E-state index in [1.165, 1.54) is 6.42 Å². The van der Waals surface area contributed by atoms with Crippen molar-refractivity contribution in [2.75, 3.05) is 26.2 Å². The van der Waals surface area contributed by atoms with Crippen LogP contribution in [0.5, 0.6) is 0 Å². The Bertz CT molecular complexity index is 173. The molecule has 3 heteroatoms. The van der Waals surface area contributed by atoms with Gasteiger partial charge >= 0.3 is 0 Å². The highest BCUT2D eigenvalue weighted by Gasteiger charge is 2.14. The average Bonchev–Trinajstić information content (AvgIpc) is 2.20. The minimum Gasteiger partial charge on any atom is -0.395 e. The van der Waals surface area contributed by atoms with E-state index in [-0.39, 0.29) is 6.61 Å². The number of nitrogens with zero attached hydrogens (tertiary/aromatic N) is 2. The van der Waals surface area contributed by atoms with Crippen LogP contribution in [0.4, 0.5) is 0 Å². The van der Waals surface area contributed by atoms with Gasteiger partial charge in [0.1, 0.15) is 0 Å². The molecule has 0 radical (unpaired) electrons. The molecule has 0 spiro atoms. The summed E-state index contributed by atoms with van der Waals surface area (Å²) in [7, 11) is 0. The molecule has 0 aromatic heterocycles. The molecule has 3 nitrogen and oxygen atoms in total. The highest BCUT2D eigenvalue weighted by Crippen LogP contribution is 2.07. The van der Waals surface area contributed by atoms with Crippen LogP contribution in [0.1, 0.15) is 48.0 Å². The van der Waals surface area contributed by atoms with E-state index in [2.05, 4.69) is 51.3 Å². The van der Waals surface area contributed by atoms with E-state index >= 15 is 0 Å². The largest absolute Gasteiger partial charge is 0.395 e. The highest BCUT2D eigenvalue weighted by atomic mass is 16.3. The standard InChI is InChI=1S/C14H32N2O/c1-12(2)15(10-11-17)8-7-9-16(13(3)4)14(5)6/h12-14,17H,7-11H2,1-6H3. The third-order valence-electron chi connectivity index (χ3n) is 3.31. The van der Waals surface area contributed by atoms with Crippen molar-refractivity contribution < 1.29 is 5.11 Å². The molecule has 0 aliphatic carbocycles. The van der Waals surface area contributed by atoms with Gasteiger partial charge in [-0.15, -0.1) is 0 Å². The Labute approximate surface area is 108 Å². The van der Waals surface area contributed by atoms with E-state index in [9.17, 15) is 0 Å². The van der Waals surface area contributed by atoms with Gasteiger partial charge in [0, 0.05) is 24.7 Å². The van der Waals surface area contributed by atoms with Crippen LogP contribution in [-0.4, -0.2) is 59.3 Å². The zero-order chi connectivity index (χ0) is 13.4. The van der Waals surface area contributed by atoms with Crippen molar-refractivity contribution in [1.29, 1.82) is 0 Å². The van der Waals surface area contributed by atoms with Gasteiger partial charge in [-0.3, -0.25) is 9.80 Å². The van der Waals surface area contributed by atoms with E-state index in [0.717, 1.165) is 19.6 Å². The lowest BCUT2D eigenvalue weighted by atomic mass is 10.2. The molecular weight excluding hydrogens is 212 g/mol. The number of aliphatic hydroxyl groups is 1. The summed E-state index contributed by atoms with van der Waals surface area (Å²) in [5.41, 5.74) is 0. The van der Waals surface area contributed by atoms with Crippen molar-refractivity contribution in [2.24, 2.45) is 0 Å². The summed E-state index contributed by atoms with van der Waals surface area (Å²) in [6, 6.07) is 1.74. The Balaban J connectivity index is 4.00. The Morgan fingerprint density at radius 3 is 1.65 bits per heavy atom. The molecule has 1 N–H and O–H groups in total. The van der Waals surface area contributed by atoms with Crippen molar-refractivity contribution in [3.63, 3.8) is 0 Å². The Morgan fingerprint density at radius 2 is 1.29 bits per heavy atom. The number of aliphatic hydroxyl groups excluding tert-OH is 1. The van der Waals surface area contributed by atoms with Gasteiger partial charge in [-0.05, 0) is 61.1 Å². The van der Waals surface area contributed by atoms with E-state index in [0.29, 0.717) is 18.1 Å². The van der Waals surface area contributed by atoms with E-state index in [4.69, 9.17) is 5.11 Å². The van der Waals surface area contributed by atoms with Gasteiger partial charge < -0.3 is 5.11 Å². The number of hydrogen-bond donors (Lipinski definition) is 1. The second-order valence-corrected chi connectivity index (χ2v) is 5.63. The molecule has 0 bridgehead atoms. The van der Waals surface area contributed by atoms with Crippen LogP contribution in [0, 0.1) is 0 Å². The maximum absolute atomic E-state index is 9.02. The number of rotatable bonds is 9. The number of hydrogen-bond acceptors (Lipinski definition) is 3. The third-order valence-corrected chi connectivity index (χ3v) is 3.31. The lowest BCUT2D eigenvalue weighted by molar-refractivity contribution is 0.136. The van der Waals surface area contributed by atoms with Crippen LogP contribution in [-0.2, 0) is 0 Å². The van der Waals surface area contributed by atoms with Crippen molar-refractivity contribution in [3.05, 3.63) is 0 Å². The minimum atomic E-state index is 0.260. The molecule has 0 aliphatic heterocycles. The van der Waals surface area contributed by atoms with Gasteiger partial charge in [-0.1, -0.05) is 0 Å². The first-order valence-electron chi connectivity index (χ1n) is 7.00. The van der Waals surface area contributed by atoms with Crippen LogP contribution >= 0.6 is 0 Å². The smallest absolute Gasteiger partial charge is 0.0558 e. The molecule has 0 heterocycles. The summed E-state index contributed by atoms with van der Waals surface area (Å²) < 4.78 is 0. The molecule has 0 unspecified atom stereocenters. The summed E-state index contributed by atoms with van der Waals surface area (Å²) >= 11 is 0. The fourth-order valence-corrected chi connectivity index (χ4v) is 2.33. The van der Waals surface area contributed by atoms with Crippen molar-refractivity contribution in [1.82, 2.24) is 9.80 Å². The van der Waals surface area contributed by atoms with Gasteiger partial charge in [0.15, 0.2) is 0 Å². The molecular formula is C14H32N2O. The molecule has 0 atom stereocenters. The van der Waals surface area contributed by atoms with E-state index in [1.807, 2.05) is 0 Å². The molecule has 0 fully saturated rings. The molecule has 0 aliphatic rings. The van der Waals surface area contributed by atoms with Gasteiger partial charge in [0.2, 0.25) is 0 Å². The second-order valence-electron chi connectivity index (χ2n) is 5.63. The molecule has 0 rings (SSSR count). The fourth-order valence-electron chi connectivity index (χ4n) is 2.33.